The summed E-state index contributed by atoms with van der Waals surface area (Å²) in [6.07, 6.45) is 4.59. The van der Waals surface area contributed by atoms with Crippen molar-refractivity contribution in [1.29, 1.82) is 0 Å². The summed E-state index contributed by atoms with van der Waals surface area (Å²) in [5, 5.41) is 3.36. The molecule has 19 heavy (non-hydrogen) atoms. The minimum atomic E-state index is 0.671. The van der Waals surface area contributed by atoms with Crippen LogP contribution in [-0.2, 0) is 12.8 Å². The number of rotatable bonds is 3. The number of nitrogens with one attached hydrogen (secondary N) is 1. The molecule has 3 rings (SSSR count). The van der Waals surface area contributed by atoms with Gasteiger partial charge in [-0.05, 0) is 32.6 Å². The van der Waals surface area contributed by atoms with E-state index in [0.717, 1.165) is 50.8 Å². The maximum absolute atomic E-state index is 5.74. The molecule has 0 bridgehead atoms. The molecular weight excluding hydrogens is 240 g/mol. The number of aromatic nitrogens is 2. The number of piperazine rings is 1. The van der Waals surface area contributed by atoms with E-state index >= 15 is 0 Å². The lowest BCUT2D eigenvalue weighted by atomic mass is 9.97. The summed E-state index contributed by atoms with van der Waals surface area (Å²) >= 11 is 0. The van der Waals surface area contributed by atoms with E-state index in [1.165, 1.54) is 24.1 Å². The second kappa shape index (κ2) is 5.74. The van der Waals surface area contributed by atoms with Crippen LogP contribution in [0, 0.1) is 0 Å². The maximum Gasteiger partial charge on any atom is 0.228 e. The minimum absolute atomic E-state index is 0.671. The summed E-state index contributed by atoms with van der Waals surface area (Å²) in [5.74, 6) is 1.67. The number of hydrogen-bond donors (Lipinski definition) is 1. The van der Waals surface area contributed by atoms with Crippen LogP contribution in [0.5, 0.6) is 5.88 Å². The van der Waals surface area contributed by atoms with Gasteiger partial charge in [0.15, 0.2) is 0 Å². The fourth-order valence-corrected chi connectivity index (χ4v) is 2.81. The first-order valence-corrected chi connectivity index (χ1v) is 7.36. The summed E-state index contributed by atoms with van der Waals surface area (Å²) in [6, 6.07) is 0. The molecule has 0 aromatic carbocycles. The predicted molar refractivity (Wildman–Crippen MR) is 74.9 cm³/mol. The van der Waals surface area contributed by atoms with E-state index in [-0.39, 0.29) is 0 Å². The molecule has 0 spiro atoms. The van der Waals surface area contributed by atoms with Crippen molar-refractivity contribution in [2.45, 2.75) is 32.6 Å². The Kier molecular flexibility index (Phi) is 3.82. The van der Waals surface area contributed by atoms with Gasteiger partial charge in [-0.15, -0.1) is 0 Å². The highest BCUT2D eigenvalue weighted by Gasteiger charge is 2.21. The second-order valence-electron chi connectivity index (χ2n) is 5.13. The Hall–Kier alpha value is -1.36. The van der Waals surface area contributed by atoms with Crippen molar-refractivity contribution < 1.29 is 4.74 Å². The van der Waals surface area contributed by atoms with Gasteiger partial charge in [0.1, 0.15) is 0 Å². The SMILES string of the molecule is CCOc1nc(N2CCNCC2)nc2c1CCCC2. The summed E-state index contributed by atoms with van der Waals surface area (Å²) in [4.78, 5) is 11.7. The first-order chi connectivity index (χ1) is 9.38. The lowest BCUT2D eigenvalue weighted by Gasteiger charge is -2.29. The number of anilines is 1. The highest BCUT2D eigenvalue weighted by Crippen LogP contribution is 2.29. The quantitative estimate of drug-likeness (QED) is 0.886. The number of aryl methyl sites for hydroxylation is 1. The lowest BCUT2D eigenvalue weighted by Crippen LogP contribution is -2.44. The van der Waals surface area contributed by atoms with E-state index in [1.54, 1.807) is 0 Å². The van der Waals surface area contributed by atoms with E-state index in [9.17, 15) is 0 Å². The largest absolute Gasteiger partial charge is 0.478 e. The third-order valence-corrected chi connectivity index (χ3v) is 3.81. The zero-order valence-corrected chi connectivity index (χ0v) is 11.6. The molecule has 1 saturated heterocycles. The lowest BCUT2D eigenvalue weighted by molar-refractivity contribution is 0.319. The van der Waals surface area contributed by atoms with Crippen LogP contribution in [0.2, 0.25) is 0 Å². The summed E-state index contributed by atoms with van der Waals surface area (Å²) in [6.45, 7) is 6.65. The summed E-state index contributed by atoms with van der Waals surface area (Å²) in [7, 11) is 0. The van der Waals surface area contributed by atoms with E-state index < -0.39 is 0 Å². The number of nitrogens with zero attached hydrogens (tertiary/aromatic N) is 3. The molecule has 0 amide bonds. The minimum Gasteiger partial charge on any atom is -0.478 e. The normalized spacial score (nSPS) is 19.1. The molecule has 5 nitrogen and oxygen atoms in total. The smallest absolute Gasteiger partial charge is 0.228 e. The Labute approximate surface area is 114 Å². The van der Waals surface area contributed by atoms with Gasteiger partial charge < -0.3 is 15.0 Å². The van der Waals surface area contributed by atoms with Gasteiger partial charge in [-0.1, -0.05) is 0 Å². The van der Waals surface area contributed by atoms with Crippen molar-refractivity contribution in [2.24, 2.45) is 0 Å². The highest BCUT2D eigenvalue weighted by atomic mass is 16.5. The predicted octanol–water partition coefficient (Wildman–Crippen LogP) is 1.16. The van der Waals surface area contributed by atoms with E-state index in [4.69, 9.17) is 9.72 Å². The molecule has 1 N–H and O–H groups in total. The molecule has 1 aromatic heterocycles. The van der Waals surface area contributed by atoms with Crippen molar-refractivity contribution in [1.82, 2.24) is 15.3 Å². The van der Waals surface area contributed by atoms with Crippen LogP contribution in [0.1, 0.15) is 31.0 Å². The highest BCUT2D eigenvalue weighted by molar-refractivity contribution is 5.42. The van der Waals surface area contributed by atoms with Gasteiger partial charge in [0.25, 0.3) is 0 Å². The monoisotopic (exact) mass is 262 g/mol. The molecule has 0 atom stereocenters. The molecule has 104 valence electrons. The van der Waals surface area contributed by atoms with Crippen molar-refractivity contribution in [3.63, 3.8) is 0 Å². The molecule has 1 fully saturated rings. The third kappa shape index (κ3) is 2.66. The molecule has 5 heteroatoms. The Balaban J connectivity index is 1.93. The molecule has 0 radical (unpaired) electrons. The number of hydrogen-bond acceptors (Lipinski definition) is 5. The molecule has 0 saturated carbocycles. The Morgan fingerprint density at radius 1 is 1.16 bits per heavy atom. The topological polar surface area (TPSA) is 50.3 Å². The van der Waals surface area contributed by atoms with Crippen LogP contribution < -0.4 is 15.0 Å². The maximum atomic E-state index is 5.74. The van der Waals surface area contributed by atoms with E-state index in [1.807, 2.05) is 6.92 Å². The van der Waals surface area contributed by atoms with E-state index in [2.05, 4.69) is 15.2 Å². The Morgan fingerprint density at radius 3 is 2.74 bits per heavy atom. The standard InChI is InChI=1S/C14H22N4O/c1-2-19-13-11-5-3-4-6-12(11)16-14(17-13)18-9-7-15-8-10-18/h15H,2-10H2,1H3. The van der Waals surface area contributed by atoms with Gasteiger partial charge in [0.05, 0.1) is 12.3 Å². The molecule has 1 aliphatic carbocycles. The average molecular weight is 262 g/mol. The Morgan fingerprint density at radius 2 is 1.95 bits per heavy atom. The van der Waals surface area contributed by atoms with Gasteiger partial charge in [-0.25, -0.2) is 4.98 Å². The Bertz CT molecular complexity index is 443. The number of fused-ring (bicyclic) bond motifs is 1. The van der Waals surface area contributed by atoms with Crippen molar-refractivity contribution >= 4 is 5.95 Å². The molecule has 1 aliphatic heterocycles. The van der Waals surface area contributed by atoms with Crippen LogP contribution >= 0.6 is 0 Å². The van der Waals surface area contributed by atoms with Crippen molar-refractivity contribution in [3.05, 3.63) is 11.3 Å². The van der Waals surface area contributed by atoms with Gasteiger partial charge >= 0.3 is 0 Å². The fraction of sp³-hybridized carbons (Fsp3) is 0.714. The van der Waals surface area contributed by atoms with Gasteiger partial charge in [0, 0.05) is 31.7 Å². The molecular formula is C14H22N4O. The molecule has 1 aromatic rings. The molecule has 0 unspecified atom stereocenters. The summed E-state index contributed by atoms with van der Waals surface area (Å²) < 4.78 is 5.74. The van der Waals surface area contributed by atoms with Crippen molar-refractivity contribution in [2.75, 3.05) is 37.7 Å². The van der Waals surface area contributed by atoms with Crippen LogP contribution in [-0.4, -0.2) is 42.8 Å². The van der Waals surface area contributed by atoms with Gasteiger partial charge in [-0.3, -0.25) is 0 Å². The zero-order valence-electron chi connectivity index (χ0n) is 11.6. The molecule has 2 aliphatic rings. The first-order valence-electron chi connectivity index (χ1n) is 7.36. The van der Waals surface area contributed by atoms with E-state index in [0.29, 0.717) is 6.61 Å². The van der Waals surface area contributed by atoms with Crippen molar-refractivity contribution in [3.8, 4) is 5.88 Å². The molecule has 2 heterocycles. The zero-order chi connectivity index (χ0) is 13.1. The van der Waals surface area contributed by atoms with Crippen LogP contribution in [0.15, 0.2) is 0 Å². The van der Waals surface area contributed by atoms with Crippen LogP contribution in [0.4, 0.5) is 5.95 Å². The second-order valence-corrected chi connectivity index (χ2v) is 5.13. The van der Waals surface area contributed by atoms with Crippen LogP contribution in [0.3, 0.4) is 0 Å². The summed E-state index contributed by atoms with van der Waals surface area (Å²) in [5.41, 5.74) is 2.45. The van der Waals surface area contributed by atoms with Gasteiger partial charge in [-0.2, -0.15) is 4.98 Å². The fourth-order valence-electron chi connectivity index (χ4n) is 2.81. The number of ether oxygens (including phenoxy) is 1. The average Bonchev–Trinajstić information content (AvgIpc) is 2.48. The first kappa shape index (κ1) is 12.7. The third-order valence-electron chi connectivity index (χ3n) is 3.81. The van der Waals surface area contributed by atoms with Gasteiger partial charge in [0.2, 0.25) is 11.8 Å². The van der Waals surface area contributed by atoms with Crippen LogP contribution in [0.25, 0.3) is 0 Å².